The van der Waals surface area contributed by atoms with Gasteiger partial charge in [0.1, 0.15) is 0 Å². The van der Waals surface area contributed by atoms with Crippen LogP contribution in [-0.4, -0.2) is 17.6 Å². The number of ether oxygens (including phenoxy) is 1. The van der Waals surface area contributed by atoms with E-state index in [9.17, 15) is 4.79 Å². The number of nitrogens with zero attached hydrogens (tertiary/aromatic N) is 1. The van der Waals surface area contributed by atoms with Gasteiger partial charge in [0.15, 0.2) is 0 Å². The summed E-state index contributed by atoms with van der Waals surface area (Å²) in [6, 6.07) is 4.01. The molecule has 0 atom stereocenters. The first-order chi connectivity index (χ1) is 6.19. The maximum Gasteiger partial charge on any atom is 0.311 e. The number of aromatic nitrogens is 1. The van der Waals surface area contributed by atoms with Crippen LogP contribution in [0.3, 0.4) is 0 Å². The van der Waals surface area contributed by atoms with E-state index < -0.39 is 0 Å². The van der Waals surface area contributed by atoms with Gasteiger partial charge in [0.2, 0.25) is 0 Å². The topological polar surface area (TPSA) is 31.2 Å². The predicted octanol–water partition coefficient (Wildman–Crippen LogP) is 1.30. The fourth-order valence-electron chi connectivity index (χ4n) is 1.35. The molecule has 1 aromatic rings. The van der Waals surface area contributed by atoms with Crippen LogP contribution in [0.25, 0.3) is 0 Å². The van der Waals surface area contributed by atoms with Gasteiger partial charge in [-0.05, 0) is 18.6 Å². The van der Waals surface area contributed by atoms with Crippen molar-refractivity contribution in [2.75, 3.05) is 7.11 Å². The van der Waals surface area contributed by atoms with Crippen LogP contribution in [-0.2, 0) is 29.4 Å². The molecule has 0 aliphatic heterocycles. The van der Waals surface area contributed by atoms with E-state index >= 15 is 0 Å². The standard InChI is InChI=1S/C10H15NO2/c1-4-8-5-6-9(11(8)2)7-10(12)13-3/h5-6H,4,7H2,1-3H3. The average molecular weight is 181 g/mol. The van der Waals surface area contributed by atoms with E-state index in [4.69, 9.17) is 0 Å². The van der Waals surface area contributed by atoms with Crippen molar-refractivity contribution in [3.8, 4) is 0 Å². The number of carbonyl (C=O) groups excluding carboxylic acids is 1. The average Bonchev–Trinajstić information content (AvgIpc) is 2.48. The predicted molar refractivity (Wildman–Crippen MR) is 50.5 cm³/mol. The Labute approximate surface area is 78.3 Å². The van der Waals surface area contributed by atoms with Crippen LogP contribution in [0.2, 0.25) is 0 Å². The Balaban J connectivity index is 2.78. The van der Waals surface area contributed by atoms with E-state index in [0.29, 0.717) is 6.42 Å². The van der Waals surface area contributed by atoms with Crippen molar-refractivity contribution in [3.05, 3.63) is 23.5 Å². The first-order valence-electron chi connectivity index (χ1n) is 4.39. The zero-order valence-electron chi connectivity index (χ0n) is 8.33. The molecule has 72 valence electrons. The number of hydrogen-bond donors (Lipinski definition) is 0. The lowest BCUT2D eigenvalue weighted by Crippen LogP contribution is -2.09. The van der Waals surface area contributed by atoms with Crippen LogP contribution in [0.15, 0.2) is 12.1 Å². The van der Waals surface area contributed by atoms with E-state index in [1.165, 1.54) is 12.8 Å². The van der Waals surface area contributed by atoms with Crippen molar-refractivity contribution in [1.29, 1.82) is 0 Å². The lowest BCUT2D eigenvalue weighted by molar-refractivity contribution is -0.139. The zero-order valence-corrected chi connectivity index (χ0v) is 8.33. The molecular weight excluding hydrogens is 166 g/mol. The van der Waals surface area contributed by atoms with Crippen molar-refractivity contribution in [3.63, 3.8) is 0 Å². The molecule has 0 saturated carbocycles. The Hall–Kier alpha value is -1.25. The fraction of sp³-hybridized carbons (Fsp3) is 0.500. The molecule has 0 amide bonds. The normalized spacial score (nSPS) is 10.1. The second kappa shape index (κ2) is 4.12. The third-order valence-electron chi connectivity index (χ3n) is 2.25. The van der Waals surface area contributed by atoms with Gasteiger partial charge in [-0.2, -0.15) is 0 Å². The maximum atomic E-state index is 11.0. The molecule has 0 spiro atoms. The van der Waals surface area contributed by atoms with Gasteiger partial charge in [-0.3, -0.25) is 4.79 Å². The molecular formula is C10H15NO2. The number of rotatable bonds is 3. The van der Waals surface area contributed by atoms with Crippen LogP contribution >= 0.6 is 0 Å². The van der Waals surface area contributed by atoms with E-state index in [0.717, 1.165) is 12.1 Å². The summed E-state index contributed by atoms with van der Waals surface area (Å²) >= 11 is 0. The molecule has 0 aromatic carbocycles. The highest BCUT2D eigenvalue weighted by Crippen LogP contribution is 2.08. The minimum absolute atomic E-state index is 0.191. The summed E-state index contributed by atoms with van der Waals surface area (Å²) in [6.07, 6.45) is 1.34. The lowest BCUT2D eigenvalue weighted by atomic mass is 10.3. The van der Waals surface area contributed by atoms with Gasteiger partial charge in [0.05, 0.1) is 13.5 Å². The summed E-state index contributed by atoms with van der Waals surface area (Å²) in [4.78, 5) is 11.0. The second-order valence-electron chi connectivity index (χ2n) is 2.98. The molecule has 3 nitrogen and oxygen atoms in total. The Morgan fingerprint density at radius 2 is 2.08 bits per heavy atom. The number of aryl methyl sites for hydroxylation is 1. The zero-order chi connectivity index (χ0) is 9.84. The summed E-state index contributed by atoms with van der Waals surface area (Å²) < 4.78 is 6.64. The molecule has 1 rings (SSSR count). The van der Waals surface area contributed by atoms with Gasteiger partial charge in [-0.25, -0.2) is 0 Å². The van der Waals surface area contributed by atoms with E-state index in [-0.39, 0.29) is 5.97 Å². The minimum atomic E-state index is -0.191. The quantitative estimate of drug-likeness (QED) is 0.658. The molecule has 1 aromatic heterocycles. The summed E-state index contributed by atoms with van der Waals surface area (Å²) in [7, 11) is 3.38. The third-order valence-corrected chi connectivity index (χ3v) is 2.25. The van der Waals surface area contributed by atoms with Crippen molar-refractivity contribution < 1.29 is 9.53 Å². The van der Waals surface area contributed by atoms with E-state index in [1.54, 1.807) is 0 Å². The van der Waals surface area contributed by atoms with Gasteiger partial charge in [-0.15, -0.1) is 0 Å². The third kappa shape index (κ3) is 2.11. The van der Waals surface area contributed by atoms with Crippen molar-refractivity contribution in [2.45, 2.75) is 19.8 Å². The molecule has 1 heterocycles. The van der Waals surface area contributed by atoms with Gasteiger partial charge >= 0.3 is 5.97 Å². The number of carbonyl (C=O) groups is 1. The molecule has 0 radical (unpaired) electrons. The SMILES string of the molecule is CCc1ccc(CC(=O)OC)n1C. The number of methoxy groups -OCH3 is 1. The van der Waals surface area contributed by atoms with Crippen LogP contribution in [0, 0.1) is 0 Å². The van der Waals surface area contributed by atoms with E-state index in [1.807, 2.05) is 23.7 Å². The summed E-state index contributed by atoms with van der Waals surface area (Å²) in [5.74, 6) is -0.191. The molecule has 0 fully saturated rings. The highest BCUT2D eigenvalue weighted by molar-refractivity contribution is 5.71. The Bertz CT molecular complexity index is 302. The summed E-state index contributed by atoms with van der Waals surface area (Å²) in [5.41, 5.74) is 2.24. The Morgan fingerprint density at radius 3 is 2.54 bits per heavy atom. The van der Waals surface area contributed by atoms with Crippen LogP contribution in [0.4, 0.5) is 0 Å². The monoisotopic (exact) mass is 181 g/mol. The molecule has 0 N–H and O–H groups in total. The first-order valence-corrected chi connectivity index (χ1v) is 4.39. The molecule has 0 bridgehead atoms. The van der Waals surface area contributed by atoms with Crippen molar-refractivity contribution in [1.82, 2.24) is 4.57 Å². The van der Waals surface area contributed by atoms with Crippen LogP contribution in [0.5, 0.6) is 0 Å². The highest BCUT2D eigenvalue weighted by atomic mass is 16.5. The fourth-order valence-corrected chi connectivity index (χ4v) is 1.35. The highest BCUT2D eigenvalue weighted by Gasteiger charge is 2.07. The second-order valence-corrected chi connectivity index (χ2v) is 2.98. The summed E-state index contributed by atoms with van der Waals surface area (Å²) in [6.45, 7) is 2.09. The smallest absolute Gasteiger partial charge is 0.311 e. The number of hydrogen-bond acceptors (Lipinski definition) is 2. The van der Waals surface area contributed by atoms with Gasteiger partial charge in [0, 0.05) is 18.4 Å². The Kier molecular flexibility index (Phi) is 3.12. The largest absolute Gasteiger partial charge is 0.469 e. The lowest BCUT2D eigenvalue weighted by Gasteiger charge is -2.04. The Morgan fingerprint density at radius 1 is 1.46 bits per heavy atom. The van der Waals surface area contributed by atoms with E-state index in [2.05, 4.69) is 11.7 Å². The molecule has 0 aliphatic carbocycles. The molecule has 0 saturated heterocycles. The molecule has 3 heteroatoms. The first kappa shape index (κ1) is 9.84. The van der Waals surface area contributed by atoms with Crippen molar-refractivity contribution >= 4 is 5.97 Å². The van der Waals surface area contributed by atoms with Crippen LogP contribution < -0.4 is 0 Å². The van der Waals surface area contributed by atoms with Gasteiger partial charge in [-0.1, -0.05) is 6.92 Å². The number of esters is 1. The van der Waals surface area contributed by atoms with Crippen LogP contribution in [0.1, 0.15) is 18.3 Å². The molecule has 0 aliphatic rings. The minimum Gasteiger partial charge on any atom is -0.469 e. The molecule has 13 heavy (non-hydrogen) atoms. The maximum absolute atomic E-state index is 11.0. The van der Waals surface area contributed by atoms with Gasteiger partial charge < -0.3 is 9.30 Å². The van der Waals surface area contributed by atoms with Gasteiger partial charge in [0.25, 0.3) is 0 Å². The molecule has 0 unspecified atom stereocenters. The summed E-state index contributed by atoms with van der Waals surface area (Å²) in [5, 5.41) is 0. The van der Waals surface area contributed by atoms with Crippen molar-refractivity contribution in [2.24, 2.45) is 7.05 Å².